The first-order chi connectivity index (χ1) is 19.8. The Morgan fingerprint density at radius 3 is 1.53 bits per heavy atom. The molecule has 0 atom stereocenters. The average molecular weight is 595 g/mol. The molecule has 43 heavy (non-hydrogen) atoms. The van der Waals surface area contributed by atoms with Gasteiger partial charge in [0.15, 0.2) is 0 Å². The van der Waals surface area contributed by atoms with Crippen LogP contribution >= 0.6 is 0 Å². The van der Waals surface area contributed by atoms with Gasteiger partial charge in [-0.05, 0) is 83.6 Å². The van der Waals surface area contributed by atoms with Crippen molar-refractivity contribution in [3.63, 3.8) is 0 Å². The van der Waals surface area contributed by atoms with E-state index in [0.29, 0.717) is 29.7 Å². The zero-order valence-corrected chi connectivity index (χ0v) is 30.0. The van der Waals surface area contributed by atoms with Crippen molar-refractivity contribution in [1.29, 1.82) is 0 Å². The fraction of sp³-hybridized carbons (Fsp3) is 0.632. The van der Waals surface area contributed by atoms with E-state index < -0.39 is 0 Å². The van der Waals surface area contributed by atoms with Gasteiger partial charge in [-0.3, -0.25) is 0 Å². The van der Waals surface area contributed by atoms with Gasteiger partial charge in [0.1, 0.15) is 5.69 Å². The van der Waals surface area contributed by atoms with Crippen molar-refractivity contribution in [2.75, 3.05) is 13.2 Å². The Hall–Kier alpha value is -2.50. The molecule has 0 amide bonds. The lowest BCUT2D eigenvalue weighted by atomic mass is 9.96. The van der Waals surface area contributed by atoms with Gasteiger partial charge in [0.2, 0.25) is 5.88 Å². The van der Waals surface area contributed by atoms with Crippen molar-refractivity contribution >= 4 is 11.0 Å². The van der Waals surface area contributed by atoms with Crippen LogP contribution in [0.1, 0.15) is 138 Å². The highest BCUT2D eigenvalue weighted by Crippen LogP contribution is 2.26. The number of aromatic nitrogens is 2. The Labute approximate surface area is 264 Å². The Morgan fingerprint density at radius 2 is 1.12 bits per heavy atom. The number of hydrogen-bond donors (Lipinski definition) is 0. The van der Waals surface area contributed by atoms with Crippen LogP contribution in [0.3, 0.4) is 0 Å². The summed E-state index contributed by atoms with van der Waals surface area (Å²) in [5.41, 5.74) is 5.66. The first-order valence-electron chi connectivity index (χ1n) is 16.1. The van der Waals surface area contributed by atoms with Crippen LogP contribution in [-0.4, -0.2) is 41.0 Å². The summed E-state index contributed by atoms with van der Waals surface area (Å²) < 4.78 is 17.1. The third-order valence-electron chi connectivity index (χ3n) is 6.41. The van der Waals surface area contributed by atoms with E-state index in [4.69, 9.17) is 14.2 Å². The topological polar surface area (TPSA) is 53.5 Å². The summed E-state index contributed by atoms with van der Waals surface area (Å²) in [7, 11) is 0. The number of para-hydroxylation sites is 2. The maximum absolute atomic E-state index is 5.75. The van der Waals surface area contributed by atoms with Crippen LogP contribution in [0.5, 0.6) is 5.88 Å². The first-order valence-corrected chi connectivity index (χ1v) is 16.1. The summed E-state index contributed by atoms with van der Waals surface area (Å²) in [5, 5.41) is 0. The quantitative estimate of drug-likeness (QED) is 0.234. The summed E-state index contributed by atoms with van der Waals surface area (Å²) in [6.07, 6.45) is 0.409. The lowest BCUT2D eigenvalue weighted by Crippen LogP contribution is -2.32. The van der Waals surface area contributed by atoms with Gasteiger partial charge < -0.3 is 14.2 Å². The summed E-state index contributed by atoms with van der Waals surface area (Å²) in [6, 6.07) is 16.8. The standard InChI is InChI=1S/C14H18N2O.C12H26O2.C12H18/c1-9(2)13-14(17-10(3)4)16-12-8-6-5-7-11(12)15-13;1-10(2)13-8-12(6,7)9-14-11(3,4)5;1-9(2)11-6-5-7-12(8-11)10(3)4/h5-10H,1-4H3;10H,8-9H2,1-7H3;5-10H,1-4H3. The van der Waals surface area contributed by atoms with E-state index in [1.165, 1.54) is 11.1 Å². The third kappa shape index (κ3) is 15.7. The number of benzene rings is 2. The molecular weight excluding hydrogens is 532 g/mol. The molecule has 0 aliphatic heterocycles. The summed E-state index contributed by atoms with van der Waals surface area (Å²) >= 11 is 0. The molecule has 0 fully saturated rings. The predicted octanol–water partition coefficient (Wildman–Crippen LogP) is 10.7. The fourth-order valence-electron chi connectivity index (χ4n) is 3.81. The van der Waals surface area contributed by atoms with Crippen LogP contribution in [0.4, 0.5) is 0 Å². The van der Waals surface area contributed by atoms with Crippen molar-refractivity contribution in [2.24, 2.45) is 5.41 Å². The van der Waals surface area contributed by atoms with Gasteiger partial charge in [0.05, 0.1) is 42.1 Å². The highest BCUT2D eigenvalue weighted by atomic mass is 16.5. The summed E-state index contributed by atoms with van der Waals surface area (Å²) in [4.78, 5) is 9.19. The molecule has 0 saturated heterocycles. The molecule has 0 bridgehead atoms. The zero-order valence-electron chi connectivity index (χ0n) is 30.0. The van der Waals surface area contributed by atoms with Crippen LogP contribution in [0.2, 0.25) is 0 Å². The van der Waals surface area contributed by atoms with Gasteiger partial charge in [0.25, 0.3) is 0 Å². The highest BCUT2D eigenvalue weighted by Gasteiger charge is 2.22. The van der Waals surface area contributed by atoms with E-state index in [-0.39, 0.29) is 17.1 Å². The van der Waals surface area contributed by atoms with Crippen molar-refractivity contribution in [3.05, 3.63) is 65.4 Å². The van der Waals surface area contributed by atoms with Crippen LogP contribution in [0, 0.1) is 5.41 Å². The molecule has 0 N–H and O–H groups in total. The molecule has 0 aliphatic rings. The molecule has 5 heteroatoms. The molecule has 0 spiro atoms. The molecular formula is C38H62N2O3. The van der Waals surface area contributed by atoms with E-state index >= 15 is 0 Å². The normalized spacial score (nSPS) is 12.1. The lowest BCUT2D eigenvalue weighted by Gasteiger charge is -2.30. The van der Waals surface area contributed by atoms with Gasteiger partial charge in [0, 0.05) is 11.3 Å². The van der Waals surface area contributed by atoms with E-state index in [1.54, 1.807) is 0 Å². The minimum Gasteiger partial charge on any atom is -0.474 e. The zero-order chi connectivity index (χ0) is 33.0. The van der Waals surface area contributed by atoms with Gasteiger partial charge in [-0.25, -0.2) is 9.97 Å². The molecule has 242 valence electrons. The van der Waals surface area contributed by atoms with Crippen molar-refractivity contribution < 1.29 is 14.2 Å². The Morgan fingerprint density at radius 1 is 0.605 bits per heavy atom. The van der Waals surface area contributed by atoms with Gasteiger partial charge in [-0.1, -0.05) is 91.8 Å². The van der Waals surface area contributed by atoms with Crippen LogP contribution in [0.15, 0.2) is 48.5 Å². The van der Waals surface area contributed by atoms with Gasteiger partial charge in [-0.15, -0.1) is 0 Å². The Kier molecular flexibility index (Phi) is 15.9. The molecule has 0 unspecified atom stereocenters. The van der Waals surface area contributed by atoms with Gasteiger partial charge >= 0.3 is 0 Å². The number of ether oxygens (including phenoxy) is 3. The SMILES string of the molecule is CC(C)OCC(C)(C)COC(C)(C)C.CC(C)Oc1nc2ccccc2nc1C(C)C.CC(C)c1cccc(C(C)C)c1. The summed E-state index contributed by atoms with van der Waals surface area (Å²) in [5.74, 6) is 2.25. The molecule has 3 rings (SSSR count). The highest BCUT2D eigenvalue weighted by molar-refractivity contribution is 5.74. The van der Waals surface area contributed by atoms with Crippen molar-refractivity contribution in [3.8, 4) is 5.88 Å². The molecule has 0 aliphatic carbocycles. The second kappa shape index (κ2) is 17.7. The minimum atomic E-state index is -0.0604. The second-order valence-corrected chi connectivity index (χ2v) is 14.6. The number of nitrogens with zero attached hydrogens (tertiary/aromatic N) is 2. The van der Waals surface area contributed by atoms with Crippen molar-refractivity contribution in [1.82, 2.24) is 9.97 Å². The molecule has 1 aromatic heterocycles. The Balaban J connectivity index is 0.000000328. The molecule has 0 saturated carbocycles. The summed E-state index contributed by atoms with van der Waals surface area (Å²) in [6.45, 7) is 33.3. The fourth-order valence-corrected chi connectivity index (χ4v) is 3.81. The maximum atomic E-state index is 5.75. The minimum absolute atomic E-state index is 0.0604. The largest absolute Gasteiger partial charge is 0.474 e. The van der Waals surface area contributed by atoms with Crippen LogP contribution in [0.25, 0.3) is 11.0 Å². The molecule has 1 heterocycles. The van der Waals surface area contributed by atoms with E-state index in [1.807, 2.05) is 38.1 Å². The smallest absolute Gasteiger partial charge is 0.236 e. The van der Waals surface area contributed by atoms with Crippen LogP contribution < -0.4 is 4.74 Å². The maximum Gasteiger partial charge on any atom is 0.236 e. The molecule has 2 aromatic carbocycles. The molecule has 3 aromatic rings. The predicted molar refractivity (Wildman–Crippen MR) is 185 cm³/mol. The molecule has 5 nitrogen and oxygen atoms in total. The molecule has 0 radical (unpaired) electrons. The first kappa shape index (κ1) is 38.5. The average Bonchev–Trinajstić information content (AvgIpc) is 2.90. The van der Waals surface area contributed by atoms with E-state index in [0.717, 1.165) is 29.9 Å². The number of rotatable bonds is 10. The second-order valence-electron chi connectivity index (χ2n) is 14.6. The van der Waals surface area contributed by atoms with Gasteiger partial charge in [-0.2, -0.15) is 0 Å². The lowest BCUT2D eigenvalue weighted by molar-refractivity contribution is -0.0745. The third-order valence-corrected chi connectivity index (χ3v) is 6.41. The van der Waals surface area contributed by atoms with Crippen molar-refractivity contribution in [2.45, 2.75) is 139 Å². The number of fused-ring (bicyclic) bond motifs is 1. The number of hydrogen-bond acceptors (Lipinski definition) is 5. The Bertz CT molecular complexity index is 1180. The monoisotopic (exact) mass is 594 g/mol. The van der Waals surface area contributed by atoms with E-state index in [9.17, 15) is 0 Å². The van der Waals surface area contributed by atoms with E-state index in [2.05, 4.69) is 124 Å². The van der Waals surface area contributed by atoms with Crippen LogP contribution in [-0.2, 0) is 9.47 Å².